The van der Waals surface area contributed by atoms with Gasteiger partial charge >= 0.3 is 0 Å². The lowest BCUT2D eigenvalue weighted by Crippen LogP contribution is -2.36. The Morgan fingerprint density at radius 2 is 2.00 bits per heavy atom. The van der Waals surface area contributed by atoms with Gasteiger partial charge in [0, 0.05) is 24.7 Å². The number of fused-ring (bicyclic) bond motifs is 1. The monoisotopic (exact) mass is 245 g/mol. The van der Waals surface area contributed by atoms with Gasteiger partial charge in [0.1, 0.15) is 5.15 Å². The molecular weight excluding hydrogens is 233 g/mol. The van der Waals surface area contributed by atoms with Gasteiger partial charge < -0.3 is 0 Å². The third kappa shape index (κ3) is 2.25. The quantitative estimate of drug-likeness (QED) is 0.563. The molecule has 0 aromatic carbocycles. The van der Waals surface area contributed by atoms with Crippen molar-refractivity contribution in [3.05, 3.63) is 21.7 Å². The average Bonchev–Trinajstić information content (AvgIpc) is 2.16. The summed E-state index contributed by atoms with van der Waals surface area (Å²) in [7, 11) is 0. The Hall–Kier alpha value is -0.380. The van der Waals surface area contributed by atoms with Gasteiger partial charge in [0.15, 0.2) is 0 Å². The van der Waals surface area contributed by atoms with Crippen LogP contribution in [0.2, 0.25) is 10.4 Å². The van der Waals surface area contributed by atoms with E-state index in [1.54, 1.807) is 0 Å². The van der Waals surface area contributed by atoms with E-state index in [0.717, 1.165) is 30.8 Å². The maximum absolute atomic E-state index is 6.02. The Labute approximate surface area is 99.4 Å². The lowest BCUT2D eigenvalue weighted by Gasteiger charge is -2.31. The first-order valence-electron chi connectivity index (χ1n) is 5.02. The van der Waals surface area contributed by atoms with Gasteiger partial charge in [-0.05, 0) is 31.9 Å². The molecule has 0 spiro atoms. The van der Waals surface area contributed by atoms with Gasteiger partial charge in [-0.15, -0.1) is 0 Å². The topological polar surface area (TPSA) is 29.0 Å². The Morgan fingerprint density at radius 3 is 2.67 bits per heavy atom. The Balaban J connectivity index is 2.33. The summed E-state index contributed by atoms with van der Waals surface area (Å²) in [5, 5.41) is 0.748. The van der Waals surface area contributed by atoms with Crippen molar-refractivity contribution in [2.75, 3.05) is 6.54 Å². The molecule has 3 nitrogen and oxygen atoms in total. The minimum absolute atomic E-state index is 0.240. The van der Waals surface area contributed by atoms with Gasteiger partial charge in [-0.25, -0.2) is 9.97 Å². The molecule has 1 aromatic heterocycles. The van der Waals surface area contributed by atoms with E-state index in [-0.39, 0.29) is 5.28 Å². The summed E-state index contributed by atoms with van der Waals surface area (Å²) >= 11 is 11.8. The second kappa shape index (κ2) is 4.24. The minimum Gasteiger partial charge on any atom is -0.295 e. The largest absolute Gasteiger partial charge is 0.295 e. The van der Waals surface area contributed by atoms with Crippen LogP contribution in [0.1, 0.15) is 25.1 Å². The van der Waals surface area contributed by atoms with Crippen LogP contribution in [0, 0.1) is 0 Å². The van der Waals surface area contributed by atoms with Gasteiger partial charge in [-0.1, -0.05) is 11.6 Å². The first-order chi connectivity index (χ1) is 7.08. The molecule has 0 saturated carbocycles. The molecule has 5 heteroatoms. The van der Waals surface area contributed by atoms with E-state index in [2.05, 4.69) is 28.7 Å². The standard InChI is InChI=1S/C10H13Cl2N3/c1-6(2)15-4-3-7-8(5-15)13-10(12)14-9(7)11/h6H,3-5H2,1-2H3. The fourth-order valence-corrected chi connectivity index (χ4v) is 2.33. The zero-order valence-electron chi connectivity index (χ0n) is 8.80. The summed E-state index contributed by atoms with van der Waals surface area (Å²) in [4.78, 5) is 10.5. The molecule has 0 unspecified atom stereocenters. The van der Waals surface area contributed by atoms with Crippen LogP contribution in [0.25, 0.3) is 0 Å². The van der Waals surface area contributed by atoms with Crippen LogP contribution in [0.4, 0.5) is 0 Å². The molecular formula is C10H13Cl2N3. The van der Waals surface area contributed by atoms with Crippen LogP contribution in [-0.4, -0.2) is 27.5 Å². The molecule has 0 fully saturated rings. The van der Waals surface area contributed by atoms with Crippen molar-refractivity contribution in [2.45, 2.75) is 32.9 Å². The van der Waals surface area contributed by atoms with Crippen molar-refractivity contribution in [3.8, 4) is 0 Å². The fraction of sp³-hybridized carbons (Fsp3) is 0.600. The van der Waals surface area contributed by atoms with Gasteiger partial charge in [-0.2, -0.15) is 0 Å². The highest BCUT2D eigenvalue weighted by atomic mass is 35.5. The number of hydrogen-bond acceptors (Lipinski definition) is 3. The Kier molecular flexibility index (Phi) is 3.14. The molecule has 0 radical (unpaired) electrons. The van der Waals surface area contributed by atoms with E-state index in [1.165, 1.54) is 0 Å². The third-order valence-electron chi connectivity index (χ3n) is 2.75. The predicted octanol–water partition coefficient (Wildman–Crippen LogP) is 2.55. The normalized spacial score (nSPS) is 16.9. The number of rotatable bonds is 1. The predicted molar refractivity (Wildman–Crippen MR) is 61.3 cm³/mol. The van der Waals surface area contributed by atoms with Crippen LogP contribution in [0.5, 0.6) is 0 Å². The van der Waals surface area contributed by atoms with E-state index in [9.17, 15) is 0 Å². The lowest BCUT2D eigenvalue weighted by molar-refractivity contribution is 0.200. The molecule has 0 atom stereocenters. The zero-order valence-corrected chi connectivity index (χ0v) is 10.3. The number of halogens is 2. The third-order valence-corrected chi connectivity index (χ3v) is 3.23. The van der Waals surface area contributed by atoms with E-state index >= 15 is 0 Å². The molecule has 0 bridgehead atoms. The van der Waals surface area contributed by atoms with Crippen molar-refractivity contribution >= 4 is 23.2 Å². The maximum Gasteiger partial charge on any atom is 0.224 e. The lowest BCUT2D eigenvalue weighted by atomic mass is 10.1. The molecule has 1 aliphatic heterocycles. The van der Waals surface area contributed by atoms with Gasteiger partial charge in [0.25, 0.3) is 0 Å². The van der Waals surface area contributed by atoms with Crippen molar-refractivity contribution in [1.82, 2.24) is 14.9 Å². The molecule has 1 aliphatic rings. The zero-order chi connectivity index (χ0) is 11.0. The van der Waals surface area contributed by atoms with Gasteiger partial charge in [0.2, 0.25) is 5.28 Å². The summed E-state index contributed by atoms with van der Waals surface area (Å²) in [6.07, 6.45) is 0.906. The van der Waals surface area contributed by atoms with Crippen molar-refractivity contribution in [1.29, 1.82) is 0 Å². The maximum atomic E-state index is 6.02. The SMILES string of the molecule is CC(C)N1CCc2c(Cl)nc(Cl)nc2C1. The fourth-order valence-electron chi connectivity index (χ4n) is 1.82. The van der Waals surface area contributed by atoms with Crippen LogP contribution in [0.3, 0.4) is 0 Å². The molecule has 0 saturated heterocycles. The molecule has 15 heavy (non-hydrogen) atoms. The number of nitrogens with zero attached hydrogens (tertiary/aromatic N) is 3. The van der Waals surface area contributed by atoms with Crippen LogP contribution < -0.4 is 0 Å². The summed E-state index contributed by atoms with van der Waals surface area (Å²) in [6.45, 7) is 6.18. The Morgan fingerprint density at radius 1 is 1.27 bits per heavy atom. The highest BCUT2D eigenvalue weighted by molar-refractivity contribution is 6.32. The molecule has 2 heterocycles. The molecule has 0 N–H and O–H groups in total. The van der Waals surface area contributed by atoms with E-state index in [0.29, 0.717) is 11.2 Å². The van der Waals surface area contributed by atoms with Crippen LogP contribution in [-0.2, 0) is 13.0 Å². The Bertz CT molecular complexity index is 379. The van der Waals surface area contributed by atoms with Crippen molar-refractivity contribution < 1.29 is 0 Å². The molecule has 0 aliphatic carbocycles. The average molecular weight is 246 g/mol. The summed E-state index contributed by atoms with van der Waals surface area (Å²) in [5.41, 5.74) is 2.03. The smallest absolute Gasteiger partial charge is 0.224 e. The second-order valence-corrected chi connectivity index (χ2v) is 4.72. The summed E-state index contributed by atoms with van der Waals surface area (Å²) in [6, 6.07) is 0.519. The highest BCUT2D eigenvalue weighted by Crippen LogP contribution is 2.25. The summed E-state index contributed by atoms with van der Waals surface area (Å²) < 4.78 is 0. The highest BCUT2D eigenvalue weighted by Gasteiger charge is 2.22. The van der Waals surface area contributed by atoms with Gasteiger partial charge in [-0.3, -0.25) is 4.90 Å². The molecule has 0 amide bonds. The van der Waals surface area contributed by atoms with Crippen molar-refractivity contribution in [2.24, 2.45) is 0 Å². The molecule has 82 valence electrons. The van der Waals surface area contributed by atoms with Crippen LogP contribution >= 0.6 is 23.2 Å². The van der Waals surface area contributed by atoms with E-state index in [1.807, 2.05) is 0 Å². The van der Waals surface area contributed by atoms with Gasteiger partial charge in [0.05, 0.1) is 5.69 Å². The van der Waals surface area contributed by atoms with Crippen LogP contribution in [0.15, 0.2) is 0 Å². The molecule has 2 rings (SSSR count). The summed E-state index contributed by atoms with van der Waals surface area (Å²) in [5.74, 6) is 0. The first kappa shape index (κ1) is 11.1. The van der Waals surface area contributed by atoms with E-state index < -0.39 is 0 Å². The minimum atomic E-state index is 0.240. The molecule has 1 aromatic rings. The number of hydrogen-bond donors (Lipinski definition) is 0. The second-order valence-electron chi connectivity index (χ2n) is 4.02. The van der Waals surface area contributed by atoms with Crippen molar-refractivity contribution in [3.63, 3.8) is 0 Å². The number of aromatic nitrogens is 2. The first-order valence-corrected chi connectivity index (χ1v) is 5.78. The van der Waals surface area contributed by atoms with E-state index in [4.69, 9.17) is 23.2 Å².